The van der Waals surface area contributed by atoms with Gasteiger partial charge in [0, 0.05) is 31.3 Å². The van der Waals surface area contributed by atoms with Crippen molar-refractivity contribution < 1.29 is 41.7 Å². The van der Waals surface area contributed by atoms with Crippen LogP contribution in [0.1, 0.15) is 45.6 Å². The zero-order valence-electron chi connectivity index (χ0n) is 28.0. The van der Waals surface area contributed by atoms with Gasteiger partial charge in [-0.3, -0.25) is 9.36 Å². The van der Waals surface area contributed by atoms with Crippen LogP contribution in [-0.2, 0) is 27.3 Å². The Morgan fingerprint density at radius 2 is 1.92 bits per heavy atom. The number of nitrogens with one attached hydrogen (secondary N) is 1. The third-order valence-corrected chi connectivity index (χ3v) is 10.9. The molecule has 4 fully saturated rings. The van der Waals surface area contributed by atoms with Gasteiger partial charge in [-0.2, -0.15) is 13.2 Å². The molecule has 3 aliphatic carbocycles. The number of guanidine groups is 1. The van der Waals surface area contributed by atoms with Crippen molar-refractivity contribution in [1.82, 2.24) is 14.5 Å². The third kappa shape index (κ3) is 6.61. The number of carbonyl (C=O) groups excluding carboxylic acids is 1. The number of carbonyl (C=O) groups is 2. The fourth-order valence-electron chi connectivity index (χ4n) is 7.87. The van der Waals surface area contributed by atoms with E-state index < -0.39 is 36.1 Å². The maximum atomic E-state index is 14.5. The predicted octanol–water partition coefficient (Wildman–Crippen LogP) is 5.26. The highest BCUT2D eigenvalue weighted by atomic mass is 19.4. The van der Waals surface area contributed by atoms with Gasteiger partial charge in [0.15, 0.2) is 12.0 Å². The molecule has 15 heteroatoms. The molecular formula is C35H39F4N5O6. The summed E-state index contributed by atoms with van der Waals surface area (Å²) in [5, 5.41) is 13.6. The minimum absolute atomic E-state index is 0.0383. The number of carboxylic acids is 1. The maximum absolute atomic E-state index is 14.5. The molecule has 7 rings (SSSR count). The Kier molecular flexibility index (Phi) is 9.29. The van der Waals surface area contributed by atoms with Crippen LogP contribution in [0, 0.1) is 29.0 Å². The SMILES string of the molecule is COc1ccc(CCn2cnc3cc(NC(=NC4C[C@H]5C[C@H]([C@H]4C)C5(C)C)N4CC[C@H](OC(=O)C(F)(F)F)[C@H]4C(=O)O)ccc3c2=O)c(F)c1. The number of aryl methyl sites for hydroxylation is 2. The first-order chi connectivity index (χ1) is 23.6. The van der Waals surface area contributed by atoms with Gasteiger partial charge in [-0.15, -0.1) is 0 Å². The van der Waals surface area contributed by atoms with Gasteiger partial charge in [0.05, 0.1) is 30.4 Å². The number of fused-ring (bicyclic) bond motifs is 3. The molecule has 0 radical (unpaired) electrons. The normalized spacial score (nSPS) is 26.0. The fourth-order valence-corrected chi connectivity index (χ4v) is 7.87. The number of esters is 1. The average Bonchev–Trinajstić information content (AvgIpc) is 3.48. The zero-order chi connectivity index (χ0) is 36.1. The molecular weight excluding hydrogens is 662 g/mol. The highest BCUT2D eigenvalue weighted by molar-refractivity contribution is 5.98. The summed E-state index contributed by atoms with van der Waals surface area (Å²) in [4.78, 5) is 48.3. The molecule has 0 amide bonds. The van der Waals surface area contributed by atoms with E-state index in [1.54, 1.807) is 30.3 Å². The zero-order valence-corrected chi connectivity index (χ0v) is 28.0. The van der Waals surface area contributed by atoms with Crippen molar-refractivity contribution in [2.75, 3.05) is 19.0 Å². The number of ether oxygens (including phenoxy) is 2. The predicted molar refractivity (Wildman–Crippen MR) is 175 cm³/mol. The van der Waals surface area contributed by atoms with Gasteiger partial charge in [-0.25, -0.2) is 24.0 Å². The van der Waals surface area contributed by atoms with Crippen molar-refractivity contribution in [3.8, 4) is 5.75 Å². The van der Waals surface area contributed by atoms with Crippen molar-refractivity contribution >= 4 is 34.5 Å². The van der Waals surface area contributed by atoms with E-state index in [1.165, 1.54) is 29.0 Å². The van der Waals surface area contributed by atoms with E-state index in [1.807, 2.05) is 0 Å². The number of aliphatic carboxylic acids is 1. The third-order valence-electron chi connectivity index (χ3n) is 10.9. The van der Waals surface area contributed by atoms with Gasteiger partial charge in [-0.05, 0) is 72.3 Å². The van der Waals surface area contributed by atoms with Crippen molar-refractivity contribution in [3.63, 3.8) is 0 Å². The molecule has 50 heavy (non-hydrogen) atoms. The second kappa shape index (κ2) is 13.2. The molecule has 2 N–H and O–H groups in total. The summed E-state index contributed by atoms with van der Waals surface area (Å²) in [5.74, 6) is -2.89. The number of halogens is 4. The van der Waals surface area contributed by atoms with Crippen LogP contribution in [0.4, 0.5) is 23.2 Å². The Morgan fingerprint density at radius 3 is 2.56 bits per heavy atom. The Labute approximate surface area is 285 Å². The van der Waals surface area contributed by atoms with Crippen molar-refractivity contribution in [3.05, 3.63) is 64.5 Å². The summed E-state index contributed by atoms with van der Waals surface area (Å²) in [5.41, 5.74) is 0.951. The number of alkyl halides is 3. The number of methoxy groups -OCH3 is 1. The maximum Gasteiger partial charge on any atom is 0.490 e. The van der Waals surface area contributed by atoms with E-state index in [0.717, 1.165) is 12.8 Å². The van der Waals surface area contributed by atoms with E-state index in [0.29, 0.717) is 39.7 Å². The number of anilines is 1. The molecule has 1 saturated heterocycles. The first-order valence-electron chi connectivity index (χ1n) is 16.5. The molecule has 3 saturated carbocycles. The van der Waals surface area contributed by atoms with Gasteiger partial charge in [0.1, 0.15) is 17.7 Å². The Hall–Kier alpha value is -4.69. The Morgan fingerprint density at radius 1 is 1.16 bits per heavy atom. The first-order valence-corrected chi connectivity index (χ1v) is 16.5. The van der Waals surface area contributed by atoms with Crippen LogP contribution >= 0.6 is 0 Å². The van der Waals surface area contributed by atoms with Gasteiger partial charge < -0.3 is 24.8 Å². The first kappa shape index (κ1) is 35.1. The van der Waals surface area contributed by atoms with Crippen molar-refractivity contribution in [1.29, 1.82) is 0 Å². The van der Waals surface area contributed by atoms with Crippen LogP contribution in [-0.4, -0.2) is 75.5 Å². The van der Waals surface area contributed by atoms with Crippen molar-refractivity contribution in [2.45, 2.75) is 77.4 Å². The van der Waals surface area contributed by atoms with Gasteiger partial charge in [-0.1, -0.05) is 26.8 Å². The number of hydrogen-bond acceptors (Lipinski definition) is 7. The standard InChI is InChI=1S/C35H39F4N5O6/c1-18-24-13-20(34(24,2)3)14-26(18)42-33(44-12-10-28(29(44)31(46)47)50-32(48)35(37,38)39)41-21-6-8-23-27(15-21)40-17-43(30(23)45)11-9-19-5-7-22(49-4)16-25(19)36/h5-8,15-18,20,24,26,28-29H,9-14H2,1-4H3,(H,41,42)(H,46,47)/t18-,20-,24-,26?,28+,29+/m1/s1. The highest BCUT2D eigenvalue weighted by Crippen LogP contribution is 2.61. The second-order valence-electron chi connectivity index (χ2n) is 14.0. The molecule has 1 aromatic heterocycles. The summed E-state index contributed by atoms with van der Waals surface area (Å²) in [6.45, 7) is 6.70. The monoisotopic (exact) mass is 701 g/mol. The lowest BCUT2D eigenvalue weighted by molar-refractivity contribution is -0.206. The van der Waals surface area contributed by atoms with E-state index in [4.69, 9.17) is 9.73 Å². The topological polar surface area (TPSA) is 135 Å². The van der Waals surface area contributed by atoms with Crippen LogP contribution in [0.5, 0.6) is 5.75 Å². The average molecular weight is 702 g/mol. The summed E-state index contributed by atoms with van der Waals surface area (Å²) < 4.78 is 64.7. The number of carboxylic acid groups (broad SMARTS) is 1. The van der Waals surface area contributed by atoms with Crippen LogP contribution < -0.4 is 15.6 Å². The number of nitrogens with zero attached hydrogens (tertiary/aromatic N) is 4. The molecule has 1 unspecified atom stereocenters. The molecule has 2 aromatic carbocycles. The Bertz CT molecular complexity index is 1900. The molecule has 2 bridgehead atoms. The van der Waals surface area contributed by atoms with Gasteiger partial charge in [0.2, 0.25) is 0 Å². The Balaban J connectivity index is 1.28. The van der Waals surface area contributed by atoms with E-state index >= 15 is 0 Å². The minimum Gasteiger partial charge on any atom is -0.497 e. The van der Waals surface area contributed by atoms with Crippen LogP contribution in [0.25, 0.3) is 10.9 Å². The number of benzene rings is 2. The largest absolute Gasteiger partial charge is 0.497 e. The number of likely N-dealkylation sites (tertiary alicyclic amines) is 1. The van der Waals surface area contributed by atoms with Gasteiger partial charge in [0.25, 0.3) is 5.56 Å². The number of aromatic nitrogens is 2. The summed E-state index contributed by atoms with van der Waals surface area (Å²) in [6.07, 6.45) is -3.57. The molecule has 11 nitrogen and oxygen atoms in total. The lowest BCUT2D eigenvalue weighted by Crippen LogP contribution is -2.57. The highest BCUT2D eigenvalue weighted by Gasteiger charge is 2.56. The molecule has 6 atom stereocenters. The summed E-state index contributed by atoms with van der Waals surface area (Å²) >= 11 is 0. The number of rotatable bonds is 8. The lowest BCUT2D eigenvalue weighted by atomic mass is 9.45. The van der Waals surface area contributed by atoms with Crippen LogP contribution in [0.3, 0.4) is 0 Å². The smallest absolute Gasteiger partial charge is 0.490 e. The molecule has 1 aliphatic heterocycles. The van der Waals surface area contributed by atoms with E-state index in [9.17, 15) is 37.1 Å². The van der Waals surface area contributed by atoms with Crippen LogP contribution in [0.2, 0.25) is 0 Å². The van der Waals surface area contributed by atoms with E-state index in [2.05, 4.69) is 35.8 Å². The van der Waals surface area contributed by atoms with Crippen LogP contribution in [0.15, 0.2) is 52.5 Å². The lowest BCUT2D eigenvalue weighted by Gasteiger charge is -2.61. The molecule has 2 heterocycles. The molecule has 3 aromatic rings. The molecule has 268 valence electrons. The second-order valence-corrected chi connectivity index (χ2v) is 14.0. The molecule has 0 spiro atoms. The number of hydrogen-bond donors (Lipinski definition) is 2. The summed E-state index contributed by atoms with van der Waals surface area (Å²) in [7, 11) is 1.44. The van der Waals surface area contributed by atoms with E-state index in [-0.39, 0.29) is 54.8 Å². The summed E-state index contributed by atoms with van der Waals surface area (Å²) in [6, 6.07) is 7.45. The quantitative estimate of drug-likeness (QED) is 0.140. The molecule has 4 aliphatic rings. The number of aliphatic imine (C=N–C) groups is 1. The fraction of sp³-hybridized carbons (Fsp3) is 0.514. The van der Waals surface area contributed by atoms with Crippen molar-refractivity contribution in [2.24, 2.45) is 28.2 Å². The van der Waals surface area contributed by atoms with Gasteiger partial charge >= 0.3 is 18.1 Å². The minimum atomic E-state index is -5.28.